The molecular formula is C25H23N3O3. The maximum absolute atomic E-state index is 12.5. The fourth-order valence-electron chi connectivity index (χ4n) is 3.40. The van der Waals surface area contributed by atoms with Crippen LogP contribution in [0.5, 0.6) is 0 Å². The first-order chi connectivity index (χ1) is 15.2. The number of aromatic nitrogens is 2. The summed E-state index contributed by atoms with van der Waals surface area (Å²) in [6, 6.07) is 25.0. The SMILES string of the molecule is O=C(Cn1ncc(=O)c2ccccc21)NCc1ccccc1COCc1ccccc1. The predicted octanol–water partition coefficient (Wildman–Crippen LogP) is 3.43. The van der Waals surface area contributed by atoms with Crippen molar-refractivity contribution in [2.75, 3.05) is 0 Å². The molecule has 0 atom stereocenters. The van der Waals surface area contributed by atoms with Crippen molar-refractivity contribution in [2.24, 2.45) is 0 Å². The number of rotatable bonds is 8. The number of nitrogens with zero attached hydrogens (tertiary/aromatic N) is 2. The lowest BCUT2D eigenvalue weighted by Gasteiger charge is -2.13. The van der Waals surface area contributed by atoms with Crippen LogP contribution >= 0.6 is 0 Å². The van der Waals surface area contributed by atoms with E-state index < -0.39 is 0 Å². The Morgan fingerprint density at radius 1 is 0.871 bits per heavy atom. The molecule has 1 aromatic heterocycles. The molecule has 4 rings (SSSR count). The summed E-state index contributed by atoms with van der Waals surface area (Å²) in [5, 5.41) is 7.60. The van der Waals surface area contributed by atoms with Crippen molar-refractivity contribution >= 4 is 16.8 Å². The van der Waals surface area contributed by atoms with Crippen LogP contribution in [0, 0.1) is 0 Å². The molecule has 0 saturated carbocycles. The smallest absolute Gasteiger partial charge is 0.242 e. The van der Waals surface area contributed by atoms with E-state index in [1.54, 1.807) is 22.9 Å². The zero-order valence-corrected chi connectivity index (χ0v) is 17.0. The van der Waals surface area contributed by atoms with Crippen molar-refractivity contribution in [3.8, 4) is 0 Å². The molecule has 1 N–H and O–H groups in total. The van der Waals surface area contributed by atoms with Crippen molar-refractivity contribution in [3.05, 3.63) is 112 Å². The Morgan fingerprint density at radius 2 is 1.58 bits per heavy atom. The van der Waals surface area contributed by atoms with Gasteiger partial charge in [-0.15, -0.1) is 0 Å². The Kier molecular flexibility index (Phi) is 6.50. The van der Waals surface area contributed by atoms with Crippen LogP contribution in [0.3, 0.4) is 0 Å². The Hall–Kier alpha value is -3.77. The van der Waals surface area contributed by atoms with Crippen LogP contribution in [0.1, 0.15) is 16.7 Å². The summed E-state index contributed by atoms with van der Waals surface area (Å²) in [6.07, 6.45) is 1.25. The average Bonchev–Trinajstić information content (AvgIpc) is 2.81. The van der Waals surface area contributed by atoms with Crippen molar-refractivity contribution in [2.45, 2.75) is 26.3 Å². The molecule has 1 amide bonds. The summed E-state index contributed by atoms with van der Waals surface area (Å²) in [5.41, 5.74) is 3.64. The van der Waals surface area contributed by atoms with Crippen LogP contribution in [0.2, 0.25) is 0 Å². The summed E-state index contributed by atoms with van der Waals surface area (Å²) in [4.78, 5) is 24.5. The van der Waals surface area contributed by atoms with Crippen LogP contribution in [-0.2, 0) is 35.8 Å². The zero-order chi connectivity index (χ0) is 21.5. The van der Waals surface area contributed by atoms with Crippen molar-refractivity contribution in [3.63, 3.8) is 0 Å². The van der Waals surface area contributed by atoms with Gasteiger partial charge in [0.1, 0.15) is 6.54 Å². The third-order valence-corrected chi connectivity index (χ3v) is 5.02. The number of carbonyl (C=O) groups is 1. The maximum atomic E-state index is 12.5. The van der Waals surface area contributed by atoms with E-state index in [1.165, 1.54) is 6.20 Å². The van der Waals surface area contributed by atoms with Crippen LogP contribution in [0.15, 0.2) is 89.9 Å². The van der Waals surface area contributed by atoms with Crippen molar-refractivity contribution in [1.29, 1.82) is 0 Å². The molecule has 156 valence electrons. The average molecular weight is 413 g/mol. The Morgan fingerprint density at radius 3 is 2.42 bits per heavy atom. The molecule has 3 aromatic carbocycles. The van der Waals surface area contributed by atoms with Crippen LogP contribution < -0.4 is 10.7 Å². The molecule has 0 unspecified atom stereocenters. The van der Waals surface area contributed by atoms with E-state index in [4.69, 9.17) is 4.74 Å². The van der Waals surface area contributed by atoms with Gasteiger partial charge in [0, 0.05) is 11.9 Å². The lowest BCUT2D eigenvalue weighted by atomic mass is 10.1. The van der Waals surface area contributed by atoms with Gasteiger partial charge >= 0.3 is 0 Å². The quantitative estimate of drug-likeness (QED) is 0.480. The summed E-state index contributed by atoms with van der Waals surface area (Å²) in [5.74, 6) is -0.179. The minimum Gasteiger partial charge on any atom is -0.372 e. The molecule has 0 aliphatic rings. The highest BCUT2D eigenvalue weighted by atomic mass is 16.5. The van der Waals surface area contributed by atoms with Gasteiger partial charge < -0.3 is 10.1 Å². The highest BCUT2D eigenvalue weighted by molar-refractivity contribution is 5.81. The largest absolute Gasteiger partial charge is 0.372 e. The summed E-state index contributed by atoms with van der Waals surface area (Å²) in [6.45, 7) is 1.43. The van der Waals surface area contributed by atoms with E-state index >= 15 is 0 Å². The van der Waals surface area contributed by atoms with Gasteiger partial charge in [0.25, 0.3) is 0 Å². The Balaban J connectivity index is 1.37. The lowest BCUT2D eigenvalue weighted by molar-refractivity contribution is -0.121. The Labute approximate surface area is 180 Å². The molecule has 0 radical (unpaired) electrons. The van der Waals surface area contributed by atoms with Gasteiger partial charge in [-0.25, -0.2) is 0 Å². The third kappa shape index (κ3) is 5.24. The number of hydrogen-bond acceptors (Lipinski definition) is 4. The molecule has 0 fully saturated rings. The standard InChI is InChI=1S/C25H23N3O3/c29-24-15-27-28(23-13-7-6-12-22(23)24)16-25(30)26-14-20-10-4-5-11-21(20)18-31-17-19-8-2-1-3-9-19/h1-13,15H,14,16-18H2,(H,26,30). The molecule has 0 saturated heterocycles. The first-order valence-electron chi connectivity index (χ1n) is 10.1. The normalized spacial score (nSPS) is 10.8. The number of hydrogen-bond donors (Lipinski definition) is 1. The maximum Gasteiger partial charge on any atom is 0.242 e. The van der Waals surface area contributed by atoms with Gasteiger partial charge in [0.2, 0.25) is 11.3 Å². The fraction of sp³-hybridized carbons (Fsp3) is 0.160. The topological polar surface area (TPSA) is 73.2 Å². The zero-order valence-electron chi connectivity index (χ0n) is 17.0. The van der Waals surface area contributed by atoms with Crippen molar-refractivity contribution < 1.29 is 9.53 Å². The third-order valence-electron chi connectivity index (χ3n) is 5.02. The molecule has 0 aliphatic heterocycles. The number of amides is 1. The number of ether oxygens (including phenoxy) is 1. The molecule has 4 aromatic rings. The van der Waals surface area contributed by atoms with Gasteiger partial charge in [0.15, 0.2) is 0 Å². The first kappa shape index (κ1) is 20.5. The minimum atomic E-state index is -0.179. The van der Waals surface area contributed by atoms with Gasteiger partial charge in [-0.2, -0.15) is 5.10 Å². The van der Waals surface area contributed by atoms with E-state index in [-0.39, 0.29) is 17.9 Å². The van der Waals surface area contributed by atoms with Gasteiger partial charge in [-0.3, -0.25) is 14.3 Å². The van der Waals surface area contributed by atoms with Gasteiger partial charge in [0.05, 0.1) is 24.9 Å². The number of para-hydroxylation sites is 1. The second kappa shape index (κ2) is 9.82. The number of fused-ring (bicyclic) bond motifs is 1. The molecule has 6 heteroatoms. The van der Waals surface area contributed by atoms with Crippen LogP contribution in [0.25, 0.3) is 10.9 Å². The van der Waals surface area contributed by atoms with E-state index in [0.29, 0.717) is 30.7 Å². The molecule has 0 bridgehead atoms. The minimum absolute atomic E-state index is 0.0352. The monoisotopic (exact) mass is 413 g/mol. The van der Waals surface area contributed by atoms with Crippen LogP contribution in [0.4, 0.5) is 0 Å². The number of benzene rings is 3. The van der Waals surface area contributed by atoms with Crippen LogP contribution in [-0.4, -0.2) is 15.7 Å². The lowest BCUT2D eigenvalue weighted by Crippen LogP contribution is -2.29. The van der Waals surface area contributed by atoms with E-state index in [2.05, 4.69) is 10.4 Å². The van der Waals surface area contributed by atoms with Crippen molar-refractivity contribution in [1.82, 2.24) is 15.1 Å². The molecule has 0 aliphatic carbocycles. The summed E-state index contributed by atoms with van der Waals surface area (Å²) >= 11 is 0. The number of carbonyl (C=O) groups excluding carboxylic acids is 1. The predicted molar refractivity (Wildman–Crippen MR) is 119 cm³/mol. The van der Waals surface area contributed by atoms with E-state index in [0.717, 1.165) is 16.7 Å². The van der Waals surface area contributed by atoms with Gasteiger partial charge in [-0.1, -0.05) is 66.7 Å². The Bertz CT molecular complexity index is 1240. The molecule has 0 spiro atoms. The second-order valence-corrected chi connectivity index (χ2v) is 7.21. The van der Waals surface area contributed by atoms with Gasteiger partial charge in [-0.05, 0) is 28.8 Å². The molecular weight excluding hydrogens is 390 g/mol. The molecule has 1 heterocycles. The second-order valence-electron chi connectivity index (χ2n) is 7.21. The highest BCUT2D eigenvalue weighted by Crippen LogP contribution is 2.12. The van der Waals surface area contributed by atoms with E-state index in [9.17, 15) is 9.59 Å². The van der Waals surface area contributed by atoms with E-state index in [1.807, 2.05) is 60.7 Å². The summed E-state index contributed by atoms with van der Waals surface area (Å²) in [7, 11) is 0. The first-order valence-corrected chi connectivity index (χ1v) is 10.1. The molecule has 31 heavy (non-hydrogen) atoms. The highest BCUT2D eigenvalue weighted by Gasteiger charge is 2.09. The molecule has 6 nitrogen and oxygen atoms in total. The summed E-state index contributed by atoms with van der Waals surface area (Å²) < 4.78 is 7.39. The fourth-order valence-corrected chi connectivity index (χ4v) is 3.40. The number of nitrogens with one attached hydrogen (secondary N) is 1.